The zero-order chi connectivity index (χ0) is 14.8. The monoisotopic (exact) mass is 287 g/mol. The average Bonchev–Trinajstić information content (AvgIpc) is 2.35. The van der Waals surface area contributed by atoms with E-state index in [1.165, 1.54) is 0 Å². The second-order valence-electron chi connectivity index (χ2n) is 5.14. The summed E-state index contributed by atoms with van der Waals surface area (Å²) in [7, 11) is 0. The maximum Gasteiger partial charge on any atom is 0.408 e. The van der Waals surface area contributed by atoms with Gasteiger partial charge in [0, 0.05) is 6.42 Å². The standard InChI is InChI=1S/C14H16F3NO2/c15-14(16,17)11(9-10-5-2-1-3-6-10)18-12(19)13(20)7-4-8-13/h1-3,5-6,11,20H,4,7-9H2,(H,18,19). The van der Waals surface area contributed by atoms with E-state index in [-0.39, 0.29) is 19.3 Å². The van der Waals surface area contributed by atoms with Gasteiger partial charge in [-0.05, 0) is 24.8 Å². The van der Waals surface area contributed by atoms with Gasteiger partial charge in [-0.3, -0.25) is 4.79 Å². The van der Waals surface area contributed by atoms with Gasteiger partial charge in [0.1, 0.15) is 11.6 Å². The first-order valence-corrected chi connectivity index (χ1v) is 6.45. The Labute approximate surface area is 114 Å². The minimum absolute atomic E-state index is 0.217. The summed E-state index contributed by atoms with van der Waals surface area (Å²) in [5.74, 6) is -0.929. The van der Waals surface area contributed by atoms with Crippen molar-refractivity contribution in [1.29, 1.82) is 0 Å². The van der Waals surface area contributed by atoms with Crippen molar-refractivity contribution in [2.45, 2.75) is 43.5 Å². The molecule has 1 amide bonds. The van der Waals surface area contributed by atoms with E-state index in [0.717, 1.165) is 0 Å². The van der Waals surface area contributed by atoms with Crippen molar-refractivity contribution in [2.75, 3.05) is 0 Å². The van der Waals surface area contributed by atoms with E-state index in [4.69, 9.17) is 0 Å². The van der Waals surface area contributed by atoms with Crippen molar-refractivity contribution in [3.63, 3.8) is 0 Å². The van der Waals surface area contributed by atoms with Crippen LogP contribution in [-0.2, 0) is 11.2 Å². The van der Waals surface area contributed by atoms with Crippen molar-refractivity contribution in [3.8, 4) is 0 Å². The molecule has 1 aliphatic rings. The summed E-state index contributed by atoms with van der Waals surface area (Å²) in [4.78, 5) is 11.7. The van der Waals surface area contributed by atoms with Crippen LogP contribution in [0.15, 0.2) is 30.3 Å². The van der Waals surface area contributed by atoms with Gasteiger partial charge in [0.25, 0.3) is 5.91 Å². The van der Waals surface area contributed by atoms with Crippen LogP contribution < -0.4 is 5.32 Å². The summed E-state index contributed by atoms with van der Waals surface area (Å²) in [6.45, 7) is 0. The van der Waals surface area contributed by atoms with E-state index in [9.17, 15) is 23.1 Å². The van der Waals surface area contributed by atoms with E-state index < -0.39 is 23.7 Å². The zero-order valence-electron chi connectivity index (χ0n) is 10.8. The fourth-order valence-electron chi connectivity index (χ4n) is 2.13. The molecule has 3 nitrogen and oxygen atoms in total. The molecule has 0 aromatic heterocycles. The molecule has 1 aliphatic carbocycles. The van der Waals surface area contributed by atoms with Gasteiger partial charge in [-0.2, -0.15) is 13.2 Å². The quantitative estimate of drug-likeness (QED) is 0.892. The number of alkyl halides is 3. The number of halogens is 3. The van der Waals surface area contributed by atoms with Gasteiger partial charge in [0.15, 0.2) is 0 Å². The van der Waals surface area contributed by atoms with Gasteiger partial charge in [-0.1, -0.05) is 30.3 Å². The molecular weight excluding hydrogens is 271 g/mol. The lowest BCUT2D eigenvalue weighted by atomic mass is 9.79. The Hall–Kier alpha value is -1.56. The largest absolute Gasteiger partial charge is 0.408 e. The van der Waals surface area contributed by atoms with Crippen molar-refractivity contribution in [3.05, 3.63) is 35.9 Å². The number of benzene rings is 1. The van der Waals surface area contributed by atoms with Gasteiger partial charge in [0.05, 0.1) is 0 Å². The molecule has 1 aromatic carbocycles. The molecule has 2 rings (SSSR count). The maximum atomic E-state index is 13.0. The van der Waals surface area contributed by atoms with E-state index in [2.05, 4.69) is 0 Å². The highest BCUT2D eigenvalue weighted by atomic mass is 19.4. The van der Waals surface area contributed by atoms with Crippen molar-refractivity contribution >= 4 is 5.91 Å². The minimum atomic E-state index is -4.55. The van der Waals surface area contributed by atoms with E-state index in [1.54, 1.807) is 30.3 Å². The van der Waals surface area contributed by atoms with Crippen LogP contribution in [0.4, 0.5) is 13.2 Å². The lowest BCUT2D eigenvalue weighted by Gasteiger charge is -2.36. The Balaban J connectivity index is 2.07. The van der Waals surface area contributed by atoms with E-state index in [0.29, 0.717) is 12.0 Å². The Bertz CT molecular complexity index is 469. The molecule has 0 spiro atoms. The number of hydrogen-bond acceptors (Lipinski definition) is 2. The topological polar surface area (TPSA) is 49.3 Å². The Morgan fingerprint density at radius 3 is 2.35 bits per heavy atom. The number of nitrogens with one attached hydrogen (secondary N) is 1. The first-order chi connectivity index (χ1) is 9.31. The van der Waals surface area contributed by atoms with Crippen LogP contribution in [-0.4, -0.2) is 28.8 Å². The molecule has 0 saturated heterocycles. The molecule has 1 fully saturated rings. The summed E-state index contributed by atoms with van der Waals surface area (Å²) in [5, 5.41) is 11.7. The number of carbonyl (C=O) groups excluding carboxylic acids is 1. The second-order valence-corrected chi connectivity index (χ2v) is 5.14. The number of carbonyl (C=O) groups is 1. The van der Waals surface area contributed by atoms with Crippen LogP contribution in [0.5, 0.6) is 0 Å². The zero-order valence-corrected chi connectivity index (χ0v) is 10.8. The first kappa shape index (κ1) is 14.8. The Morgan fingerprint density at radius 1 is 1.30 bits per heavy atom. The van der Waals surface area contributed by atoms with Gasteiger partial charge in [-0.25, -0.2) is 0 Å². The normalized spacial score (nSPS) is 19.0. The highest BCUT2D eigenvalue weighted by Gasteiger charge is 2.47. The maximum absolute atomic E-state index is 13.0. The molecule has 6 heteroatoms. The highest BCUT2D eigenvalue weighted by Crippen LogP contribution is 2.32. The first-order valence-electron chi connectivity index (χ1n) is 6.45. The van der Waals surface area contributed by atoms with E-state index >= 15 is 0 Å². The Morgan fingerprint density at radius 2 is 1.90 bits per heavy atom. The van der Waals surface area contributed by atoms with Crippen LogP contribution in [0.2, 0.25) is 0 Å². The van der Waals surface area contributed by atoms with Gasteiger partial charge in [0.2, 0.25) is 0 Å². The molecule has 110 valence electrons. The molecule has 0 heterocycles. The van der Waals surface area contributed by atoms with E-state index in [1.807, 2.05) is 5.32 Å². The molecule has 1 atom stereocenters. The van der Waals surface area contributed by atoms with Crippen LogP contribution in [0.3, 0.4) is 0 Å². The molecule has 1 aromatic rings. The van der Waals surface area contributed by atoms with Crippen LogP contribution in [0, 0.1) is 0 Å². The molecular formula is C14H16F3NO2. The second kappa shape index (κ2) is 5.44. The summed E-state index contributed by atoms with van der Waals surface area (Å²) in [6.07, 6.45) is -3.81. The average molecular weight is 287 g/mol. The predicted octanol–water partition coefficient (Wildman–Crippen LogP) is 2.19. The molecule has 1 unspecified atom stereocenters. The minimum Gasteiger partial charge on any atom is -0.380 e. The van der Waals surface area contributed by atoms with Crippen molar-refractivity contribution in [2.24, 2.45) is 0 Å². The SMILES string of the molecule is O=C(NC(Cc1ccccc1)C(F)(F)F)C1(O)CCC1. The molecule has 1 saturated carbocycles. The third-order valence-electron chi connectivity index (χ3n) is 3.59. The summed E-state index contributed by atoms with van der Waals surface area (Å²) in [6, 6.07) is 6.16. The lowest BCUT2D eigenvalue weighted by Crippen LogP contribution is -2.57. The van der Waals surface area contributed by atoms with Crippen molar-refractivity contribution < 1.29 is 23.1 Å². The fraction of sp³-hybridized carbons (Fsp3) is 0.500. The summed E-state index contributed by atoms with van der Waals surface area (Å²) >= 11 is 0. The predicted molar refractivity (Wildman–Crippen MR) is 66.9 cm³/mol. The third kappa shape index (κ3) is 3.30. The molecule has 0 bridgehead atoms. The van der Waals surface area contributed by atoms with Gasteiger partial charge < -0.3 is 10.4 Å². The number of aliphatic hydroxyl groups is 1. The third-order valence-corrected chi connectivity index (χ3v) is 3.59. The lowest BCUT2D eigenvalue weighted by molar-refractivity contribution is -0.172. The molecule has 20 heavy (non-hydrogen) atoms. The van der Waals surface area contributed by atoms with Crippen LogP contribution in [0.25, 0.3) is 0 Å². The fourth-order valence-corrected chi connectivity index (χ4v) is 2.13. The summed E-state index contributed by atoms with van der Waals surface area (Å²) in [5.41, 5.74) is -1.14. The highest BCUT2D eigenvalue weighted by molar-refractivity contribution is 5.86. The number of hydrogen-bond donors (Lipinski definition) is 2. The number of rotatable bonds is 4. The number of amides is 1. The van der Waals surface area contributed by atoms with Crippen molar-refractivity contribution in [1.82, 2.24) is 5.32 Å². The smallest absolute Gasteiger partial charge is 0.380 e. The molecule has 0 radical (unpaired) electrons. The van der Waals surface area contributed by atoms with Crippen LogP contribution in [0.1, 0.15) is 24.8 Å². The molecule has 2 N–H and O–H groups in total. The molecule has 0 aliphatic heterocycles. The van der Waals surface area contributed by atoms with Gasteiger partial charge in [-0.15, -0.1) is 0 Å². The van der Waals surface area contributed by atoms with Crippen LogP contribution >= 0.6 is 0 Å². The summed E-state index contributed by atoms with van der Waals surface area (Å²) < 4.78 is 38.9. The Kier molecular flexibility index (Phi) is 4.04. The van der Waals surface area contributed by atoms with Gasteiger partial charge >= 0.3 is 6.18 Å².